The van der Waals surface area contributed by atoms with Gasteiger partial charge in [0.15, 0.2) is 0 Å². The molecule has 0 aliphatic heterocycles. The van der Waals surface area contributed by atoms with Gasteiger partial charge in [-0.3, -0.25) is 9.38 Å². The lowest BCUT2D eigenvalue weighted by molar-refractivity contribution is 0.483. The van der Waals surface area contributed by atoms with Crippen LogP contribution in [0.25, 0.3) is 50.9 Å². The zero-order chi connectivity index (χ0) is 22.9. The average molecular weight is 453 g/mol. The van der Waals surface area contributed by atoms with Crippen LogP contribution in [0.5, 0.6) is 11.5 Å². The van der Waals surface area contributed by atoms with E-state index in [1.54, 1.807) is 6.20 Å². The first-order chi connectivity index (χ1) is 17.3. The lowest BCUT2D eigenvalue weighted by Crippen LogP contribution is -2.29. The van der Waals surface area contributed by atoms with E-state index in [1.807, 2.05) is 60.8 Å². The fourth-order valence-corrected chi connectivity index (χ4v) is 5.33. The maximum absolute atomic E-state index is 6.34. The fraction of sp³-hybridized carbons (Fsp3) is 0.100. The van der Waals surface area contributed by atoms with Crippen LogP contribution < -0.4 is 15.4 Å². The predicted molar refractivity (Wildman–Crippen MR) is 138 cm³/mol. The zero-order valence-electron chi connectivity index (χ0n) is 18.8. The number of ether oxygens (including phenoxy) is 1. The molecule has 6 aromatic rings. The van der Waals surface area contributed by atoms with E-state index in [0.29, 0.717) is 11.8 Å². The minimum absolute atomic E-state index is 0.637. The number of imidazole rings is 1. The Hall–Kier alpha value is -4.51. The Bertz CT molecular complexity index is 1920. The molecule has 35 heavy (non-hydrogen) atoms. The number of rotatable bonds is 3. The van der Waals surface area contributed by atoms with Gasteiger partial charge in [0.25, 0.3) is 0 Å². The monoisotopic (exact) mass is 452 g/mol. The number of fused-ring (bicyclic) bond motifs is 9. The van der Waals surface area contributed by atoms with Crippen LogP contribution in [0.15, 0.2) is 85.2 Å². The minimum Gasteiger partial charge on any atom is -0.457 e. The van der Waals surface area contributed by atoms with Crippen molar-refractivity contribution in [2.24, 2.45) is 11.8 Å². The van der Waals surface area contributed by atoms with Crippen molar-refractivity contribution in [3.63, 3.8) is 0 Å². The van der Waals surface area contributed by atoms with Gasteiger partial charge in [0.2, 0.25) is 0 Å². The summed E-state index contributed by atoms with van der Waals surface area (Å²) in [6.07, 6.45) is 9.60. The van der Waals surface area contributed by atoms with Crippen molar-refractivity contribution in [3.8, 4) is 22.8 Å². The Balaban J connectivity index is 1.32. The molecule has 2 aliphatic carbocycles. The topological polar surface area (TPSA) is 52.3 Å². The van der Waals surface area contributed by atoms with Gasteiger partial charge in [-0.25, -0.2) is 9.97 Å². The van der Waals surface area contributed by atoms with E-state index < -0.39 is 0 Å². The number of benzene rings is 2. The van der Waals surface area contributed by atoms with E-state index in [9.17, 15) is 0 Å². The number of pyridine rings is 3. The third-order valence-electron chi connectivity index (χ3n) is 7.13. The minimum atomic E-state index is 0.637. The van der Waals surface area contributed by atoms with Crippen LogP contribution in [0.3, 0.4) is 0 Å². The van der Waals surface area contributed by atoms with Gasteiger partial charge in [0.1, 0.15) is 22.8 Å². The van der Waals surface area contributed by atoms with E-state index in [-0.39, 0.29) is 0 Å². The summed E-state index contributed by atoms with van der Waals surface area (Å²) in [5, 5.41) is 5.54. The molecule has 0 bridgehead atoms. The fourth-order valence-electron chi connectivity index (χ4n) is 5.33. The quantitative estimate of drug-likeness (QED) is 0.351. The molecule has 0 N–H and O–H groups in total. The Morgan fingerprint density at radius 1 is 0.714 bits per heavy atom. The van der Waals surface area contributed by atoms with E-state index in [2.05, 4.69) is 39.7 Å². The lowest BCUT2D eigenvalue weighted by Gasteiger charge is -2.11. The molecule has 8 rings (SSSR count). The largest absolute Gasteiger partial charge is 0.457 e. The first-order valence-corrected chi connectivity index (χ1v) is 11.9. The van der Waals surface area contributed by atoms with E-state index in [1.165, 1.54) is 11.8 Å². The molecule has 0 radical (unpaired) electrons. The van der Waals surface area contributed by atoms with Gasteiger partial charge in [-0.15, -0.1) is 0 Å². The predicted octanol–water partition coefficient (Wildman–Crippen LogP) is 5.10. The summed E-state index contributed by atoms with van der Waals surface area (Å²) in [5.74, 6) is 2.83. The lowest BCUT2D eigenvalue weighted by atomic mass is 10.1. The van der Waals surface area contributed by atoms with Gasteiger partial charge in [-0.1, -0.05) is 30.4 Å². The second-order valence-electron chi connectivity index (χ2n) is 9.36. The first-order valence-electron chi connectivity index (χ1n) is 11.9. The van der Waals surface area contributed by atoms with Crippen molar-refractivity contribution >= 4 is 39.6 Å². The van der Waals surface area contributed by atoms with Crippen molar-refractivity contribution in [1.29, 1.82) is 0 Å². The van der Waals surface area contributed by atoms with Gasteiger partial charge in [0.05, 0.1) is 16.4 Å². The number of aromatic nitrogens is 4. The Kier molecular flexibility index (Phi) is 3.77. The van der Waals surface area contributed by atoms with E-state index in [4.69, 9.17) is 14.7 Å². The normalized spacial score (nSPS) is 18.1. The average Bonchev–Trinajstić information content (AvgIpc) is 3.57. The molecule has 2 unspecified atom stereocenters. The molecule has 4 heterocycles. The van der Waals surface area contributed by atoms with Crippen LogP contribution in [0.4, 0.5) is 0 Å². The highest BCUT2D eigenvalue weighted by Gasteiger charge is 2.35. The zero-order valence-corrected chi connectivity index (χ0v) is 18.8. The molecule has 2 aromatic carbocycles. The van der Waals surface area contributed by atoms with Gasteiger partial charge >= 0.3 is 0 Å². The number of nitrogens with zero attached hydrogens (tertiary/aromatic N) is 4. The van der Waals surface area contributed by atoms with Gasteiger partial charge < -0.3 is 4.74 Å². The molecule has 1 fully saturated rings. The molecule has 5 heteroatoms. The summed E-state index contributed by atoms with van der Waals surface area (Å²) in [5.41, 5.74) is 3.82. The van der Waals surface area contributed by atoms with Crippen LogP contribution in [-0.2, 0) is 0 Å². The van der Waals surface area contributed by atoms with Crippen LogP contribution >= 0.6 is 0 Å². The van der Waals surface area contributed by atoms with Crippen molar-refractivity contribution in [3.05, 3.63) is 95.9 Å². The van der Waals surface area contributed by atoms with Crippen LogP contribution in [0, 0.1) is 11.8 Å². The van der Waals surface area contributed by atoms with Crippen molar-refractivity contribution in [2.45, 2.75) is 6.42 Å². The molecule has 0 amide bonds. The van der Waals surface area contributed by atoms with Crippen LogP contribution in [0.1, 0.15) is 6.42 Å². The Labute approximate surface area is 200 Å². The van der Waals surface area contributed by atoms with E-state index in [0.717, 1.165) is 55.6 Å². The van der Waals surface area contributed by atoms with E-state index >= 15 is 0 Å². The third-order valence-corrected chi connectivity index (χ3v) is 7.13. The maximum Gasteiger partial charge on any atom is 0.147 e. The molecule has 0 saturated heterocycles. The molecule has 2 atom stereocenters. The Morgan fingerprint density at radius 3 is 2.57 bits per heavy atom. The molecule has 1 saturated carbocycles. The molecule has 5 nitrogen and oxygen atoms in total. The highest BCUT2D eigenvalue weighted by atomic mass is 16.5. The first kappa shape index (κ1) is 18.9. The van der Waals surface area contributed by atoms with Crippen LogP contribution in [0.2, 0.25) is 0 Å². The SMILES string of the molecule is C1=c2nc3c4cc(Oc5cccc(-c6ccccn6)c5)ccc4c4cccnc4n3c2=CC2CC12. The highest BCUT2D eigenvalue weighted by molar-refractivity contribution is 6.11. The molecule has 0 spiro atoms. The van der Waals surface area contributed by atoms with Gasteiger partial charge in [-0.2, -0.15) is 0 Å². The highest BCUT2D eigenvalue weighted by Crippen LogP contribution is 2.42. The summed E-state index contributed by atoms with van der Waals surface area (Å²) in [4.78, 5) is 14.3. The summed E-state index contributed by atoms with van der Waals surface area (Å²) in [6, 6.07) is 24.3. The molecule has 2 aliphatic rings. The van der Waals surface area contributed by atoms with Gasteiger partial charge in [-0.05, 0) is 78.2 Å². The molecular formula is C30H20N4O. The third kappa shape index (κ3) is 2.91. The second-order valence-corrected chi connectivity index (χ2v) is 9.36. The number of hydrogen-bond acceptors (Lipinski definition) is 4. The van der Waals surface area contributed by atoms with Crippen LogP contribution in [-0.4, -0.2) is 19.4 Å². The maximum atomic E-state index is 6.34. The van der Waals surface area contributed by atoms with Crippen molar-refractivity contribution in [2.75, 3.05) is 0 Å². The molecule has 4 aromatic heterocycles. The summed E-state index contributed by atoms with van der Waals surface area (Å²) >= 11 is 0. The smallest absolute Gasteiger partial charge is 0.147 e. The second kappa shape index (κ2) is 7.00. The standard InChI is InChI=1S/C30H20N4O/c1-2-11-31-26(8-1)18-5-3-6-21(14-18)35-22-9-10-23-24-7-4-12-32-29(24)34-28-16-20-13-19(20)15-27(28)33-30(34)25(23)17-22/h1-12,14-17,19-20H,13H2. The van der Waals surface area contributed by atoms with Crippen molar-refractivity contribution in [1.82, 2.24) is 19.4 Å². The summed E-state index contributed by atoms with van der Waals surface area (Å²) in [6.45, 7) is 0. The molecular weight excluding hydrogens is 432 g/mol. The summed E-state index contributed by atoms with van der Waals surface area (Å²) < 4.78 is 8.57. The summed E-state index contributed by atoms with van der Waals surface area (Å²) in [7, 11) is 0. The molecule has 166 valence electrons. The number of hydrogen-bond donors (Lipinski definition) is 0. The Morgan fingerprint density at radius 2 is 1.63 bits per heavy atom. The van der Waals surface area contributed by atoms with Gasteiger partial charge in [0, 0.05) is 28.7 Å². The van der Waals surface area contributed by atoms with Crippen molar-refractivity contribution < 1.29 is 4.74 Å².